The summed E-state index contributed by atoms with van der Waals surface area (Å²) in [7, 11) is 1.63. The molecule has 2 aromatic rings. The third-order valence-corrected chi connectivity index (χ3v) is 4.14. The highest BCUT2D eigenvalue weighted by atomic mass is 35.5. The monoisotopic (exact) mass is 331 g/mol. The van der Waals surface area contributed by atoms with Crippen LogP contribution >= 0.6 is 11.6 Å². The normalized spacial score (nSPS) is 16.2. The maximum atomic E-state index is 12.4. The lowest BCUT2D eigenvalue weighted by Crippen LogP contribution is -2.37. The topological polar surface area (TPSA) is 47.6 Å². The van der Waals surface area contributed by atoms with Crippen molar-refractivity contribution < 1.29 is 14.3 Å². The zero-order valence-corrected chi connectivity index (χ0v) is 13.6. The number of rotatable bonds is 4. The van der Waals surface area contributed by atoms with Crippen LogP contribution in [0.4, 0.5) is 0 Å². The second-order valence-electron chi connectivity index (χ2n) is 5.53. The summed E-state index contributed by atoms with van der Waals surface area (Å²) in [4.78, 5) is 12.4. The summed E-state index contributed by atoms with van der Waals surface area (Å²) in [6.07, 6.45) is 0.647. The SMILES string of the molecule is COc1ccc2c(c1)C[C@@H](C(=O)NCc1cccc(Cl)c1)CO2. The van der Waals surface area contributed by atoms with Gasteiger partial charge in [0.05, 0.1) is 13.0 Å². The second-order valence-corrected chi connectivity index (χ2v) is 5.97. The molecule has 0 aromatic heterocycles. The van der Waals surface area contributed by atoms with E-state index in [1.807, 2.05) is 42.5 Å². The highest BCUT2D eigenvalue weighted by molar-refractivity contribution is 6.30. The zero-order chi connectivity index (χ0) is 16.2. The van der Waals surface area contributed by atoms with E-state index in [1.165, 1.54) is 0 Å². The molecule has 4 nitrogen and oxygen atoms in total. The van der Waals surface area contributed by atoms with Crippen LogP contribution in [0, 0.1) is 5.92 Å². The molecular formula is C18H18ClNO3. The van der Waals surface area contributed by atoms with Crippen LogP contribution in [-0.4, -0.2) is 19.6 Å². The summed E-state index contributed by atoms with van der Waals surface area (Å²) in [5.41, 5.74) is 1.98. The Kier molecular flexibility index (Phi) is 4.72. The van der Waals surface area contributed by atoms with E-state index in [0.29, 0.717) is 24.6 Å². The van der Waals surface area contributed by atoms with Gasteiger partial charge in [-0.05, 0) is 47.9 Å². The first-order valence-electron chi connectivity index (χ1n) is 7.47. The lowest BCUT2D eigenvalue weighted by atomic mass is 9.95. The third-order valence-electron chi connectivity index (χ3n) is 3.90. The first kappa shape index (κ1) is 15.7. The Bertz CT molecular complexity index is 717. The highest BCUT2D eigenvalue weighted by Crippen LogP contribution is 2.30. The lowest BCUT2D eigenvalue weighted by Gasteiger charge is -2.25. The van der Waals surface area contributed by atoms with Crippen LogP contribution in [-0.2, 0) is 17.8 Å². The van der Waals surface area contributed by atoms with Gasteiger partial charge in [0, 0.05) is 11.6 Å². The summed E-state index contributed by atoms with van der Waals surface area (Å²) in [6.45, 7) is 0.849. The minimum Gasteiger partial charge on any atom is -0.497 e. The summed E-state index contributed by atoms with van der Waals surface area (Å²) < 4.78 is 10.9. The molecule has 0 saturated heterocycles. The quantitative estimate of drug-likeness (QED) is 0.935. The van der Waals surface area contributed by atoms with E-state index in [4.69, 9.17) is 21.1 Å². The fourth-order valence-electron chi connectivity index (χ4n) is 2.65. The van der Waals surface area contributed by atoms with Crippen molar-refractivity contribution in [3.05, 3.63) is 58.6 Å². The smallest absolute Gasteiger partial charge is 0.227 e. The van der Waals surface area contributed by atoms with Gasteiger partial charge < -0.3 is 14.8 Å². The molecule has 120 valence electrons. The molecule has 1 aliphatic heterocycles. The molecule has 0 fully saturated rings. The van der Waals surface area contributed by atoms with Crippen molar-refractivity contribution in [2.24, 2.45) is 5.92 Å². The number of halogens is 1. The average molecular weight is 332 g/mol. The molecule has 0 unspecified atom stereocenters. The van der Waals surface area contributed by atoms with Gasteiger partial charge in [-0.2, -0.15) is 0 Å². The Hall–Kier alpha value is -2.20. The van der Waals surface area contributed by atoms with Crippen LogP contribution in [0.15, 0.2) is 42.5 Å². The van der Waals surface area contributed by atoms with Gasteiger partial charge in [-0.25, -0.2) is 0 Å². The predicted octanol–water partition coefficient (Wildman–Crippen LogP) is 3.22. The van der Waals surface area contributed by atoms with Crippen LogP contribution in [0.1, 0.15) is 11.1 Å². The molecule has 1 aliphatic rings. The lowest BCUT2D eigenvalue weighted by molar-refractivity contribution is -0.126. The van der Waals surface area contributed by atoms with Crippen LogP contribution in [0.2, 0.25) is 5.02 Å². The van der Waals surface area contributed by atoms with E-state index >= 15 is 0 Å². The minimum absolute atomic E-state index is 0.0153. The summed E-state index contributed by atoms with van der Waals surface area (Å²) in [6, 6.07) is 13.1. The van der Waals surface area contributed by atoms with Crippen LogP contribution in [0.25, 0.3) is 0 Å². The van der Waals surface area contributed by atoms with Gasteiger partial charge in [-0.3, -0.25) is 4.79 Å². The molecule has 1 atom stereocenters. The van der Waals surface area contributed by atoms with Gasteiger partial charge in [0.1, 0.15) is 18.1 Å². The molecule has 1 amide bonds. The molecule has 5 heteroatoms. The standard InChI is InChI=1S/C18H18ClNO3/c1-22-16-5-6-17-13(9-16)8-14(11-23-17)18(21)20-10-12-3-2-4-15(19)7-12/h2-7,9,14H,8,10-11H2,1H3,(H,20,21)/t14-/m1/s1. The van der Waals surface area contributed by atoms with E-state index in [9.17, 15) is 4.79 Å². The van der Waals surface area contributed by atoms with Gasteiger partial charge in [0.2, 0.25) is 5.91 Å². The first-order valence-corrected chi connectivity index (χ1v) is 7.85. The fourth-order valence-corrected chi connectivity index (χ4v) is 2.86. The Morgan fingerprint density at radius 2 is 2.22 bits per heavy atom. The Labute approximate surface area is 140 Å². The number of hydrogen-bond donors (Lipinski definition) is 1. The minimum atomic E-state index is -0.200. The summed E-state index contributed by atoms with van der Waals surface area (Å²) in [5, 5.41) is 3.61. The van der Waals surface area contributed by atoms with Gasteiger partial charge in [0.15, 0.2) is 0 Å². The zero-order valence-electron chi connectivity index (χ0n) is 12.8. The maximum absolute atomic E-state index is 12.4. The van der Waals surface area contributed by atoms with Crippen molar-refractivity contribution in [2.45, 2.75) is 13.0 Å². The number of methoxy groups -OCH3 is 1. The van der Waals surface area contributed by atoms with Gasteiger partial charge in [0.25, 0.3) is 0 Å². The largest absolute Gasteiger partial charge is 0.497 e. The summed E-state index contributed by atoms with van der Waals surface area (Å²) >= 11 is 5.95. The van der Waals surface area contributed by atoms with Gasteiger partial charge in [-0.1, -0.05) is 23.7 Å². The van der Waals surface area contributed by atoms with E-state index in [-0.39, 0.29) is 11.8 Å². The number of carbonyl (C=O) groups excluding carboxylic acids is 1. The Balaban J connectivity index is 1.62. The van der Waals surface area contributed by atoms with Crippen LogP contribution < -0.4 is 14.8 Å². The first-order chi connectivity index (χ1) is 11.2. The fraction of sp³-hybridized carbons (Fsp3) is 0.278. The van der Waals surface area contributed by atoms with Gasteiger partial charge >= 0.3 is 0 Å². The number of nitrogens with one attached hydrogen (secondary N) is 1. The Morgan fingerprint density at radius 3 is 3.00 bits per heavy atom. The van der Waals surface area contributed by atoms with E-state index in [2.05, 4.69) is 5.32 Å². The number of benzene rings is 2. The molecule has 0 saturated carbocycles. The molecule has 3 rings (SSSR count). The average Bonchev–Trinajstić information content (AvgIpc) is 2.58. The molecule has 2 aromatic carbocycles. The van der Waals surface area contributed by atoms with Crippen molar-refractivity contribution in [2.75, 3.05) is 13.7 Å². The molecule has 0 bridgehead atoms. The van der Waals surface area contributed by atoms with Crippen LogP contribution in [0.5, 0.6) is 11.5 Å². The number of fused-ring (bicyclic) bond motifs is 1. The molecule has 1 heterocycles. The molecule has 0 radical (unpaired) electrons. The van der Waals surface area contributed by atoms with Crippen molar-refractivity contribution >= 4 is 17.5 Å². The molecule has 1 N–H and O–H groups in total. The van der Waals surface area contributed by atoms with Gasteiger partial charge in [-0.15, -0.1) is 0 Å². The van der Waals surface area contributed by atoms with E-state index in [0.717, 1.165) is 22.6 Å². The molecular weight excluding hydrogens is 314 g/mol. The molecule has 23 heavy (non-hydrogen) atoms. The number of ether oxygens (including phenoxy) is 2. The van der Waals surface area contributed by atoms with Crippen molar-refractivity contribution in [3.8, 4) is 11.5 Å². The van der Waals surface area contributed by atoms with E-state index < -0.39 is 0 Å². The molecule has 0 spiro atoms. The third kappa shape index (κ3) is 3.77. The van der Waals surface area contributed by atoms with Crippen molar-refractivity contribution in [3.63, 3.8) is 0 Å². The van der Waals surface area contributed by atoms with Crippen LogP contribution in [0.3, 0.4) is 0 Å². The number of hydrogen-bond acceptors (Lipinski definition) is 3. The second kappa shape index (κ2) is 6.92. The maximum Gasteiger partial charge on any atom is 0.227 e. The highest BCUT2D eigenvalue weighted by Gasteiger charge is 2.26. The number of carbonyl (C=O) groups is 1. The van der Waals surface area contributed by atoms with Crippen molar-refractivity contribution in [1.82, 2.24) is 5.32 Å². The van der Waals surface area contributed by atoms with Crippen molar-refractivity contribution in [1.29, 1.82) is 0 Å². The summed E-state index contributed by atoms with van der Waals surface area (Å²) in [5.74, 6) is 1.38. The number of amides is 1. The predicted molar refractivity (Wildman–Crippen MR) is 89.0 cm³/mol. The molecule has 0 aliphatic carbocycles. The Morgan fingerprint density at radius 1 is 1.35 bits per heavy atom. The van der Waals surface area contributed by atoms with E-state index in [1.54, 1.807) is 7.11 Å².